The summed E-state index contributed by atoms with van der Waals surface area (Å²) in [5, 5.41) is 13.8. The third kappa shape index (κ3) is 6.46. The van der Waals surface area contributed by atoms with Crippen molar-refractivity contribution in [1.82, 2.24) is 5.32 Å². The Morgan fingerprint density at radius 3 is 2.44 bits per heavy atom. The number of methoxy groups -OCH3 is 2. The maximum absolute atomic E-state index is 9.96. The van der Waals surface area contributed by atoms with E-state index in [1.807, 2.05) is 18.2 Å². The van der Waals surface area contributed by atoms with Gasteiger partial charge in [0.1, 0.15) is 18.5 Å². The minimum absolute atomic E-state index is 0.227. The molecule has 2 rings (SSSR count). The molecule has 0 spiro atoms. The van der Waals surface area contributed by atoms with E-state index in [-0.39, 0.29) is 6.61 Å². The average molecular weight is 366 g/mol. The molecular formula is C19H24ClNO4. The first-order valence-corrected chi connectivity index (χ1v) is 8.48. The number of ether oxygens (including phenoxy) is 3. The predicted molar refractivity (Wildman–Crippen MR) is 99.1 cm³/mol. The van der Waals surface area contributed by atoms with E-state index < -0.39 is 6.10 Å². The first-order valence-electron chi connectivity index (χ1n) is 8.10. The summed E-state index contributed by atoms with van der Waals surface area (Å²) >= 11 is 5.82. The van der Waals surface area contributed by atoms with Crippen molar-refractivity contribution in [1.29, 1.82) is 0 Å². The Balaban J connectivity index is 1.67. The van der Waals surface area contributed by atoms with E-state index in [2.05, 4.69) is 5.32 Å². The van der Waals surface area contributed by atoms with Crippen LogP contribution < -0.4 is 19.5 Å². The Bertz CT molecular complexity index is 648. The zero-order valence-electron chi connectivity index (χ0n) is 14.5. The maximum atomic E-state index is 9.96. The largest absolute Gasteiger partial charge is 0.493 e. The molecule has 0 aliphatic heterocycles. The molecule has 2 N–H and O–H groups in total. The highest BCUT2D eigenvalue weighted by atomic mass is 35.5. The van der Waals surface area contributed by atoms with Gasteiger partial charge in [-0.2, -0.15) is 0 Å². The SMILES string of the molecule is COc1ccc(CCNC[C@H](O)COc2ccc(Cl)cc2)cc1OC. The standard InChI is InChI=1S/C19H24ClNO4/c1-23-18-8-3-14(11-19(18)24-2)9-10-21-12-16(22)13-25-17-6-4-15(20)5-7-17/h3-8,11,16,21-22H,9-10,12-13H2,1-2H3/t16-/m0/s1. The lowest BCUT2D eigenvalue weighted by molar-refractivity contribution is 0.106. The number of aliphatic hydroxyl groups excluding tert-OH is 1. The van der Waals surface area contributed by atoms with Gasteiger partial charge in [-0.3, -0.25) is 0 Å². The lowest BCUT2D eigenvalue weighted by Crippen LogP contribution is -2.32. The van der Waals surface area contributed by atoms with E-state index in [9.17, 15) is 5.11 Å². The van der Waals surface area contributed by atoms with Gasteiger partial charge in [-0.15, -0.1) is 0 Å². The van der Waals surface area contributed by atoms with Crippen LogP contribution in [0.4, 0.5) is 0 Å². The average Bonchev–Trinajstić information content (AvgIpc) is 2.64. The molecule has 2 aromatic rings. The molecule has 2 aromatic carbocycles. The second-order valence-corrected chi connectivity index (χ2v) is 6.00. The van der Waals surface area contributed by atoms with Crippen molar-refractivity contribution in [2.75, 3.05) is 33.9 Å². The minimum Gasteiger partial charge on any atom is -0.493 e. The van der Waals surface area contributed by atoms with Gasteiger partial charge in [0, 0.05) is 11.6 Å². The highest BCUT2D eigenvalue weighted by Gasteiger charge is 2.07. The van der Waals surface area contributed by atoms with E-state index in [4.69, 9.17) is 25.8 Å². The van der Waals surface area contributed by atoms with E-state index >= 15 is 0 Å². The van der Waals surface area contributed by atoms with Gasteiger partial charge >= 0.3 is 0 Å². The van der Waals surface area contributed by atoms with E-state index in [0.717, 1.165) is 24.3 Å². The summed E-state index contributed by atoms with van der Waals surface area (Å²) in [7, 11) is 3.24. The number of hydrogen-bond acceptors (Lipinski definition) is 5. The summed E-state index contributed by atoms with van der Waals surface area (Å²) < 4.78 is 16.0. The van der Waals surface area contributed by atoms with Gasteiger partial charge < -0.3 is 24.6 Å². The van der Waals surface area contributed by atoms with Crippen LogP contribution in [0, 0.1) is 0 Å². The molecule has 1 atom stereocenters. The Kier molecular flexibility index (Phi) is 7.85. The number of benzene rings is 2. The van der Waals surface area contributed by atoms with Gasteiger partial charge in [0.2, 0.25) is 0 Å². The molecule has 0 aliphatic rings. The summed E-state index contributed by atoms with van der Waals surface area (Å²) in [4.78, 5) is 0. The number of halogens is 1. The number of rotatable bonds is 10. The topological polar surface area (TPSA) is 60.0 Å². The second kappa shape index (κ2) is 10.1. The van der Waals surface area contributed by atoms with Crippen molar-refractivity contribution in [3.8, 4) is 17.2 Å². The van der Waals surface area contributed by atoms with Crippen molar-refractivity contribution in [3.05, 3.63) is 53.1 Å². The van der Waals surface area contributed by atoms with Crippen LogP contribution in [0.15, 0.2) is 42.5 Å². The molecule has 25 heavy (non-hydrogen) atoms. The zero-order chi connectivity index (χ0) is 18.1. The van der Waals surface area contributed by atoms with Gasteiger partial charge in [-0.1, -0.05) is 17.7 Å². The minimum atomic E-state index is -0.582. The smallest absolute Gasteiger partial charge is 0.160 e. The number of hydrogen-bond donors (Lipinski definition) is 2. The van der Waals surface area contributed by atoms with Gasteiger partial charge in [0.15, 0.2) is 11.5 Å². The van der Waals surface area contributed by atoms with Crippen LogP contribution >= 0.6 is 11.6 Å². The van der Waals surface area contributed by atoms with Crippen molar-refractivity contribution in [2.24, 2.45) is 0 Å². The summed E-state index contributed by atoms with van der Waals surface area (Å²) in [5.41, 5.74) is 1.14. The Labute approximate surface area is 153 Å². The predicted octanol–water partition coefficient (Wildman–Crippen LogP) is 2.93. The van der Waals surface area contributed by atoms with Crippen molar-refractivity contribution in [2.45, 2.75) is 12.5 Å². The Morgan fingerprint density at radius 2 is 1.76 bits per heavy atom. The van der Waals surface area contributed by atoms with Crippen LogP contribution in [0.5, 0.6) is 17.2 Å². The molecule has 6 heteroatoms. The summed E-state index contributed by atoms with van der Waals surface area (Å²) in [6.07, 6.45) is 0.242. The Hall–Kier alpha value is -1.95. The molecular weight excluding hydrogens is 342 g/mol. The van der Waals surface area contributed by atoms with E-state index in [0.29, 0.717) is 23.1 Å². The summed E-state index contributed by atoms with van der Waals surface area (Å²) in [6.45, 7) is 1.43. The molecule has 0 unspecified atom stereocenters. The molecule has 0 aliphatic carbocycles. The lowest BCUT2D eigenvalue weighted by atomic mass is 10.1. The van der Waals surface area contributed by atoms with Crippen LogP contribution in [0.3, 0.4) is 0 Å². The molecule has 0 radical (unpaired) electrons. The number of nitrogens with one attached hydrogen (secondary N) is 1. The molecule has 136 valence electrons. The normalized spacial score (nSPS) is 11.8. The van der Waals surface area contributed by atoms with E-state index in [1.54, 1.807) is 38.5 Å². The van der Waals surface area contributed by atoms with Crippen molar-refractivity contribution in [3.63, 3.8) is 0 Å². The molecule has 0 saturated carbocycles. The molecule has 0 fully saturated rings. The fraction of sp³-hybridized carbons (Fsp3) is 0.368. The third-order valence-corrected chi connectivity index (χ3v) is 3.93. The van der Waals surface area contributed by atoms with Crippen LogP contribution in [0.2, 0.25) is 5.02 Å². The van der Waals surface area contributed by atoms with E-state index in [1.165, 1.54) is 0 Å². The van der Waals surface area contributed by atoms with Crippen LogP contribution in [-0.4, -0.2) is 45.1 Å². The summed E-state index contributed by atoms with van der Waals surface area (Å²) in [6, 6.07) is 12.9. The quantitative estimate of drug-likeness (QED) is 0.634. The fourth-order valence-electron chi connectivity index (χ4n) is 2.32. The summed E-state index contributed by atoms with van der Waals surface area (Å²) in [5.74, 6) is 2.12. The Morgan fingerprint density at radius 1 is 1.04 bits per heavy atom. The zero-order valence-corrected chi connectivity index (χ0v) is 15.3. The second-order valence-electron chi connectivity index (χ2n) is 5.56. The fourth-order valence-corrected chi connectivity index (χ4v) is 2.45. The maximum Gasteiger partial charge on any atom is 0.160 e. The molecule has 5 nitrogen and oxygen atoms in total. The van der Waals surface area contributed by atoms with Crippen molar-refractivity contribution >= 4 is 11.6 Å². The molecule has 0 bridgehead atoms. The van der Waals surface area contributed by atoms with Crippen LogP contribution in [0.25, 0.3) is 0 Å². The molecule has 0 amide bonds. The highest BCUT2D eigenvalue weighted by molar-refractivity contribution is 6.30. The highest BCUT2D eigenvalue weighted by Crippen LogP contribution is 2.27. The first kappa shape index (κ1) is 19.4. The molecule has 0 aromatic heterocycles. The third-order valence-electron chi connectivity index (χ3n) is 3.67. The van der Waals surface area contributed by atoms with Gasteiger partial charge in [0.05, 0.1) is 14.2 Å². The van der Waals surface area contributed by atoms with Crippen LogP contribution in [0.1, 0.15) is 5.56 Å². The lowest BCUT2D eigenvalue weighted by Gasteiger charge is -2.14. The van der Waals surface area contributed by atoms with Crippen molar-refractivity contribution < 1.29 is 19.3 Å². The van der Waals surface area contributed by atoms with Crippen LogP contribution in [-0.2, 0) is 6.42 Å². The van der Waals surface area contributed by atoms with Gasteiger partial charge in [-0.05, 0) is 54.9 Å². The number of aliphatic hydroxyl groups is 1. The van der Waals surface area contributed by atoms with Gasteiger partial charge in [-0.25, -0.2) is 0 Å². The molecule has 0 heterocycles. The first-order chi connectivity index (χ1) is 12.1. The monoisotopic (exact) mass is 365 g/mol. The van der Waals surface area contributed by atoms with Gasteiger partial charge in [0.25, 0.3) is 0 Å². The molecule has 0 saturated heterocycles.